The molecule has 0 saturated heterocycles. The summed E-state index contributed by atoms with van der Waals surface area (Å²) in [5, 5.41) is 0.939. The Morgan fingerprint density at radius 2 is 2.05 bits per heavy atom. The molecule has 20 heavy (non-hydrogen) atoms. The first-order valence-corrected chi connectivity index (χ1v) is 6.15. The summed E-state index contributed by atoms with van der Waals surface area (Å²) in [6.07, 6.45) is 2.92. The zero-order valence-electron chi connectivity index (χ0n) is 10.2. The molecule has 3 aromatic rings. The number of pyridine rings is 2. The minimum Gasteiger partial charge on any atom is -0.434 e. The molecule has 0 spiro atoms. The number of nitrogen functional groups attached to an aromatic ring is 1. The third-order valence-electron chi connectivity index (χ3n) is 2.75. The summed E-state index contributed by atoms with van der Waals surface area (Å²) < 4.78 is 19.2. The smallest absolute Gasteiger partial charge is 0.256 e. The summed E-state index contributed by atoms with van der Waals surface area (Å²) in [6, 6.07) is 8.02. The first-order valence-electron chi connectivity index (χ1n) is 5.77. The van der Waals surface area contributed by atoms with Crippen LogP contribution in [0.5, 0.6) is 11.6 Å². The average Bonchev–Trinajstić information content (AvgIpc) is 2.45. The molecule has 6 heteroatoms. The predicted octanol–water partition coefficient (Wildman–Crippen LogP) is 3.80. The second-order valence-electron chi connectivity index (χ2n) is 4.10. The van der Waals surface area contributed by atoms with Crippen LogP contribution in [0.25, 0.3) is 10.9 Å². The number of hydrogen-bond acceptors (Lipinski definition) is 4. The van der Waals surface area contributed by atoms with Crippen LogP contribution in [0.1, 0.15) is 0 Å². The van der Waals surface area contributed by atoms with Gasteiger partial charge in [-0.05, 0) is 30.3 Å². The van der Waals surface area contributed by atoms with Crippen molar-refractivity contribution in [3.8, 4) is 11.6 Å². The molecule has 0 saturated carbocycles. The SMILES string of the molecule is Nc1ccc(Oc2ncc(Cl)cc2F)c2ncccc12. The van der Waals surface area contributed by atoms with Gasteiger partial charge in [-0.25, -0.2) is 9.37 Å². The highest BCUT2D eigenvalue weighted by molar-refractivity contribution is 6.30. The Labute approximate surface area is 119 Å². The van der Waals surface area contributed by atoms with Crippen LogP contribution in [-0.4, -0.2) is 9.97 Å². The normalized spacial score (nSPS) is 10.7. The van der Waals surface area contributed by atoms with Gasteiger partial charge in [0.15, 0.2) is 11.6 Å². The summed E-state index contributed by atoms with van der Waals surface area (Å²) in [4.78, 5) is 8.02. The number of ether oxygens (including phenoxy) is 1. The first-order chi connectivity index (χ1) is 9.65. The molecule has 0 atom stereocenters. The van der Waals surface area contributed by atoms with Crippen LogP contribution in [-0.2, 0) is 0 Å². The number of nitrogens with zero attached hydrogens (tertiary/aromatic N) is 2. The lowest BCUT2D eigenvalue weighted by Gasteiger charge is -2.09. The topological polar surface area (TPSA) is 61.0 Å². The van der Waals surface area contributed by atoms with Gasteiger partial charge >= 0.3 is 0 Å². The summed E-state index contributed by atoms with van der Waals surface area (Å²) in [5.74, 6) is -0.423. The Kier molecular flexibility index (Phi) is 3.12. The molecule has 0 radical (unpaired) electrons. The van der Waals surface area contributed by atoms with Gasteiger partial charge in [-0.3, -0.25) is 4.98 Å². The fourth-order valence-electron chi connectivity index (χ4n) is 1.83. The number of anilines is 1. The molecule has 1 aromatic carbocycles. The molecule has 2 aromatic heterocycles. The van der Waals surface area contributed by atoms with Crippen molar-refractivity contribution < 1.29 is 9.13 Å². The lowest BCUT2D eigenvalue weighted by Crippen LogP contribution is -1.95. The Hall–Kier alpha value is -2.40. The second kappa shape index (κ2) is 4.94. The standard InChI is InChI=1S/C14H9ClFN3O/c15-8-6-10(16)14(19-7-8)20-12-4-3-11(17)9-2-1-5-18-13(9)12/h1-7H,17H2. The minimum absolute atomic E-state index is 0.161. The van der Waals surface area contributed by atoms with Crippen LogP contribution in [0.4, 0.5) is 10.1 Å². The van der Waals surface area contributed by atoms with Crippen LogP contribution in [0.15, 0.2) is 42.7 Å². The Morgan fingerprint density at radius 1 is 1.20 bits per heavy atom. The van der Waals surface area contributed by atoms with Gasteiger partial charge in [0.05, 0.1) is 5.02 Å². The van der Waals surface area contributed by atoms with E-state index in [2.05, 4.69) is 9.97 Å². The van der Waals surface area contributed by atoms with E-state index in [0.717, 1.165) is 11.5 Å². The van der Waals surface area contributed by atoms with Crippen molar-refractivity contribution in [1.82, 2.24) is 9.97 Å². The van der Waals surface area contributed by atoms with Gasteiger partial charge in [-0.1, -0.05) is 11.6 Å². The zero-order chi connectivity index (χ0) is 14.1. The molecule has 0 aliphatic heterocycles. The Morgan fingerprint density at radius 3 is 2.85 bits per heavy atom. The maximum absolute atomic E-state index is 13.7. The third kappa shape index (κ3) is 2.23. The maximum atomic E-state index is 13.7. The molecule has 0 fully saturated rings. The highest BCUT2D eigenvalue weighted by Crippen LogP contribution is 2.32. The highest BCUT2D eigenvalue weighted by atomic mass is 35.5. The number of benzene rings is 1. The van der Waals surface area contributed by atoms with Crippen molar-refractivity contribution in [3.63, 3.8) is 0 Å². The van der Waals surface area contributed by atoms with Gasteiger partial charge < -0.3 is 10.5 Å². The Bertz CT molecular complexity index is 794. The number of nitrogens with two attached hydrogens (primary N) is 1. The van der Waals surface area contributed by atoms with Crippen molar-refractivity contribution in [2.45, 2.75) is 0 Å². The van der Waals surface area contributed by atoms with Gasteiger partial charge in [0.1, 0.15) is 5.52 Å². The van der Waals surface area contributed by atoms with E-state index in [1.54, 1.807) is 24.4 Å². The van der Waals surface area contributed by atoms with E-state index in [0.29, 0.717) is 17.0 Å². The summed E-state index contributed by atoms with van der Waals surface area (Å²) >= 11 is 5.65. The third-order valence-corrected chi connectivity index (χ3v) is 2.95. The van der Waals surface area contributed by atoms with Crippen LogP contribution < -0.4 is 10.5 Å². The minimum atomic E-state index is -0.640. The molecule has 2 N–H and O–H groups in total. The zero-order valence-corrected chi connectivity index (χ0v) is 10.9. The van der Waals surface area contributed by atoms with Crippen LogP contribution >= 0.6 is 11.6 Å². The van der Waals surface area contributed by atoms with E-state index in [9.17, 15) is 4.39 Å². The number of fused-ring (bicyclic) bond motifs is 1. The molecule has 0 unspecified atom stereocenters. The van der Waals surface area contributed by atoms with E-state index < -0.39 is 5.82 Å². The molecule has 3 rings (SSSR count). The van der Waals surface area contributed by atoms with E-state index >= 15 is 0 Å². The van der Waals surface area contributed by atoms with Crippen molar-refractivity contribution in [2.75, 3.05) is 5.73 Å². The average molecular weight is 290 g/mol. The number of halogens is 2. The van der Waals surface area contributed by atoms with E-state index in [1.165, 1.54) is 6.20 Å². The second-order valence-corrected chi connectivity index (χ2v) is 4.53. The van der Waals surface area contributed by atoms with Crippen LogP contribution in [0.3, 0.4) is 0 Å². The van der Waals surface area contributed by atoms with Crippen molar-refractivity contribution in [3.05, 3.63) is 53.6 Å². The fourth-order valence-corrected chi connectivity index (χ4v) is 1.98. The van der Waals surface area contributed by atoms with Crippen molar-refractivity contribution in [2.24, 2.45) is 0 Å². The largest absolute Gasteiger partial charge is 0.434 e. The van der Waals surface area contributed by atoms with Gasteiger partial charge in [-0.15, -0.1) is 0 Å². The van der Waals surface area contributed by atoms with Crippen LogP contribution in [0, 0.1) is 5.82 Å². The molecule has 2 heterocycles. The molecular weight excluding hydrogens is 281 g/mol. The molecular formula is C14H9ClFN3O. The molecule has 100 valence electrons. The van der Waals surface area contributed by atoms with E-state index in [-0.39, 0.29) is 10.9 Å². The fraction of sp³-hybridized carbons (Fsp3) is 0. The highest BCUT2D eigenvalue weighted by Gasteiger charge is 2.11. The van der Waals surface area contributed by atoms with Gasteiger partial charge in [0.25, 0.3) is 5.88 Å². The lowest BCUT2D eigenvalue weighted by molar-refractivity contribution is 0.426. The van der Waals surface area contributed by atoms with E-state index in [4.69, 9.17) is 22.1 Å². The molecule has 4 nitrogen and oxygen atoms in total. The van der Waals surface area contributed by atoms with Crippen molar-refractivity contribution >= 4 is 28.2 Å². The van der Waals surface area contributed by atoms with Gasteiger partial charge in [-0.2, -0.15) is 0 Å². The van der Waals surface area contributed by atoms with Gasteiger partial charge in [0, 0.05) is 23.5 Å². The quantitative estimate of drug-likeness (QED) is 0.729. The Balaban J connectivity index is 2.09. The van der Waals surface area contributed by atoms with Crippen molar-refractivity contribution in [1.29, 1.82) is 0 Å². The monoisotopic (exact) mass is 289 g/mol. The molecule has 0 aliphatic carbocycles. The summed E-state index contributed by atoms with van der Waals surface area (Å²) in [6.45, 7) is 0. The predicted molar refractivity (Wildman–Crippen MR) is 75.4 cm³/mol. The first kappa shape index (κ1) is 12.6. The summed E-state index contributed by atoms with van der Waals surface area (Å²) in [7, 11) is 0. The molecule has 0 amide bonds. The van der Waals surface area contributed by atoms with E-state index in [1.807, 2.05) is 6.07 Å². The molecule has 0 aliphatic rings. The number of hydrogen-bond donors (Lipinski definition) is 1. The lowest BCUT2D eigenvalue weighted by atomic mass is 10.2. The summed E-state index contributed by atoms with van der Waals surface area (Å²) in [5.41, 5.74) is 6.98. The number of aromatic nitrogens is 2. The van der Waals surface area contributed by atoms with Gasteiger partial charge in [0.2, 0.25) is 0 Å². The maximum Gasteiger partial charge on any atom is 0.256 e. The van der Waals surface area contributed by atoms with Crippen LogP contribution in [0.2, 0.25) is 5.02 Å². The number of rotatable bonds is 2. The molecule has 0 bridgehead atoms.